The van der Waals surface area contributed by atoms with Crippen molar-refractivity contribution in [1.29, 1.82) is 0 Å². The second-order valence-electron chi connectivity index (χ2n) is 17.6. The van der Waals surface area contributed by atoms with E-state index in [1.807, 2.05) is 23.5 Å². The third-order valence-corrected chi connectivity index (χ3v) is 16.0. The van der Waals surface area contributed by atoms with Crippen LogP contribution in [0.1, 0.15) is 114 Å². The number of benzene rings is 2. The van der Waals surface area contributed by atoms with E-state index in [0.29, 0.717) is 38.2 Å². The number of rotatable bonds is 14. The van der Waals surface area contributed by atoms with E-state index < -0.39 is 0 Å². The minimum absolute atomic E-state index is 0.334. The first-order valence-electron chi connectivity index (χ1n) is 23.2. The number of nitrogens with zero attached hydrogens (tertiary/aromatic N) is 4. The lowest BCUT2D eigenvalue weighted by Crippen LogP contribution is -2.51. The molecule has 0 unspecified atom stereocenters. The molecule has 0 N–H and O–H groups in total. The SMILES string of the molecule is O=C(N1CCCC1)C1(c2ccc(SCCCN3CCCCC3)cc2)CCOCC1.O=C(N1CCCCC1)C1(c2ccc(SCCCN3CCCC3)cc2)CCOCC1. The molecule has 0 atom stereocenters. The van der Waals surface area contributed by atoms with Crippen LogP contribution in [0.3, 0.4) is 0 Å². The van der Waals surface area contributed by atoms with Crippen LogP contribution >= 0.6 is 23.5 Å². The highest BCUT2D eigenvalue weighted by Crippen LogP contribution is 2.40. The van der Waals surface area contributed by atoms with Gasteiger partial charge in [-0.05, 0) is 182 Å². The van der Waals surface area contributed by atoms with Gasteiger partial charge in [-0.3, -0.25) is 9.59 Å². The second kappa shape index (κ2) is 22.7. The van der Waals surface area contributed by atoms with Gasteiger partial charge in [-0.25, -0.2) is 0 Å². The smallest absolute Gasteiger partial charge is 0.233 e. The van der Waals surface area contributed by atoms with Crippen molar-refractivity contribution in [3.05, 3.63) is 59.7 Å². The molecule has 0 saturated carbocycles. The van der Waals surface area contributed by atoms with Gasteiger partial charge in [0.1, 0.15) is 0 Å². The summed E-state index contributed by atoms with van der Waals surface area (Å²) in [6, 6.07) is 17.8. The number of amides is 2. The Balaban J connectivity index is 0.000000177. The van der Waals surface area contributed by atoms with Crippen LogP contribution in [0.25, 0.3) is 0 Å². The van der Waals surface area contributed by atoms with Crippen molar-refractivity contribution in [1.82, 2.24) is 19.6 Å². The van der Waals surface area contributed by atoms with E-state index in [9.17, 15) is 9.59 Å². The summed E-state index contributed by atoms with van der Waals surface area (Å²) in [6.07, 6.45) is 18.5. The fraction of sp³-hybridized carbons (Fsp3) is 0.708. The molecule has 10 heteroatoms. The van der Waals surface area contributed by atoms with Gasteiger partial charge in [-0.2, -0.15) is 0 Å². The predicted molar refractivity (Wildman–Crippen MR) is 239 cm³/mol. The summed E-state index contributed by atoms with van der Waals surface area (Å²) in [5.41, 5.74) is 1.63. The Morgan fingerprint density at radius 1 is 0.466 bits per heavy atom. The molecule has 0 radical (unpaired) electrons. The van der Waals surface area contributed by atoms with Gasteiger partial charge < -0.3 is 29.1 Å². The molecule has 0 spiro atoms. The van der Waals surface area contributed by atoms with Crippen LogP contribution in [0.4, 0.5) is 0 Å². The summed E-state index contributed by atoms with van der Waals surface area (Å²) < 4.78 is 11.3. The molecule has 0 aliphatic carbocycles. The van der Waals surface area contributed by atoms with Crippen molar-refractivity contribution < 1.29 is 19.1 Å². The maximum absolute atomic E-state index is 13.6. The van der Waals surface area contributed by atoms with E-state index in [-0.39, 0.29) is 10.8 Å². The minimum Gasteiger partial charge on any atom is -0.381 e. The summed E-state index contributed by atoms with van der Waals surface area (Å²) in [5.74, 6) is 3.01. The molecule has 6 fully saturated rings. The minimum atomic E-state index is -0.380. The Labute approximate surface area is 358 Å². The van der Waals surface area contributed by atoms with Gasteiger partial charge in [0.25, 0.3) is 0 Å². The summed E-state index contributed by atoms with van der Waals surface area (Å²) >= 11 is 3.90. The van der Waals surface area contributed by atoms with Crippen molar-refractivity contribution in [3.63, 3.8) is 0 Å². The van der Waals surface area contributed by atoms with Crippen molar-refractivity contribution >= 4 is 35.3 Å². The fourth-order valence-corrected chi connectivity index (χ4v) is 11.9. The summed E-state index contributed by atoms with van der Waals surface area (Å²) in [7, 11) is 0. The highest BCUT2D eigenvalue weighted by Gasteiger charge is 2.45. The predicted octanol–water partition coefficient (Wildman–Crippen LogP) is 8.65. The first-order chi connectivity index (χ1) is 28.6. The number of hydrogen-bond donors (Lipinski definition) is 0. The van der Waals surface area contributed by atoms with Crippen LogP contribution in [0, 0.1) is 0 Å². The lowest BCUT2D eigenvalue weighted by molar-refractivity contribution is -0.142. The molecule has 6 aliphatic rings. The summed E-state index contributed by atoms with van der Waals surface area (Å²) in [6.45, 7) is 14.1. The zero-order valence-corrected chi connectivity index (χ0v) is 37.1. The maximum atomic E-state index is 13.6. The first-order valence-corrected chi connectivity index (χ1v) is 25.2. The van der Waals surface area contributed by atoms with E-state index in [4.69, 9.17) is 9.47 Å². The molecule has 58 heavy (non-hydrogen) atoms. The number of piperidine rings is 2. The van der Waals surface area contributed by atoms with Gasteiger partial charge in [0.2, 0.25) is 11.8 Å². The Morgan fingerprint density at radius 2 is 0.793 bits per heavy atom. The molecule has 2 aromatic rings. The van der Waals surface area contributed by atoms with Gasteiger partial charge >= 0.3 is 0 Å². The van der Waals surface area contributed by atoms with Gasteiger partial charge in [0, 0.05) is 62.4 Å². The Bertz CT molecular complexity index is 1520. The average Bonchev–Trinajstić information content (AvgIpc) is 4.04. The number of carbonyl (C=O) groups excluding carboxylic acids is 2. The highest BCUT2D eigenvalue weighted by molar-refractivity contribution is 7.99. The van der Waals surface area contributed by atoms with Gasteiger partial charge in [-0.15, -0.1) is 23.5 Å². The van der Waals surface area contributed by atoms with Crippen molar-refractivity contribution in [2.75, 3.05) is 103 Å². The van der Waals surface area contributed by atoms with Crippen LogP contribution in [0.5, 0.6) is 0 Å². The number of carbonyl (C=O) groups is 2. The standard InChI is InChI=1S/2C24H36N2O2S/c27-23(26-16-2-1-3-17-26)24(11-18-28-19-12-24)21-7-9-22(10-8-21)29-20-6-15-25-13-4-5-14-25;27-23(26-16-4-5-17-26)24(11-18-28-19-12-24)21-7-9-22(10-8-21)29-20-6-15-25-13-2-1-3-14-25/h2*7-10H,1-6,11-20H2. The van der Waals surface area contributed by atoms with E-state index in [1.165, 1.54) is 123 Å². The number of thioether (sulfide) groups is 2. The summed E-state index contributed by atoms with van der Waals surface area (Å²) in [4.78, 5) is 39.0. The zero-order chi connectivity index (χ0) is 39.9. The second-order valence-corrected chi connectivity index (χ2v) is 20.0. The Morgan fingerprint density at radius 3 is 1.17 bits per heavy atom. The largest absolute Gasteiger partial charge is 0.381 e. The van der Waals surface area contributed by atoms with E-state index >= 15 is 0 Å². The van der Waals surface area contributed by atoms with Gasteiger partial charge in [0.05, 0.1) is 10.8 Å². The third kappa shape index (κ3) is 11.6. The monoisotopic (exact) mass is 832 g/mol. The molecule has 8 nitrogen and oxygen atoms in total. The van der Waals surface area contributed by atoms with Crippen LogP contribution in [-0.2, 0) is 29.9 Å². The maximum Gasteiger partial charge on any atom is 0.233 e. The van der Waals surface area contributed by atoms with Crippen molar-refractivity contribution in [2.45, 2.75) is 123 Å². The molecule has 6 aliphatic heterocycles. The Kier molecular flexibility index (Phi) is 17.2. The first kappa shape index (κ1) is 44.0. The normalized spacial score (nSPS) is 22.7. The zero-order valence-electron chi connectivity index (χ0n) is 35.5. The van der Waals surface area contributed by atoms with E-state index in [0.717, 1.165) is 77.5 Å². The van der Waals surface area contributed by atoms with Crippen molar-refractivity contribution in [2.24, 2.45) is 0 Å². The molecule has 2 aromatic carbocycles. The van der Waals surface area contributed by atoms with E-state index in [2.05, 4.69) is 68.1 Å². The quantitative estimate of drug-likeness (QED) is 0.139. The molecule has 0 bridgehead atoms. The topological polar surface area (TPSA) is 65.6 Å². The number of ether oxygens (including phenoxy) is 2. The molecular formula is C48H72N4O4S2. The van der Waals surface area contributed by atoms with Gasteiger partial charge in [-0.1, -0.05) is 30.7 Å². The summed E-state index contributed by atoms with van der Waals surface area (Å²) in [5, 5.41) is 0. The van der Waals surface area contributed by atoms with E-state index in [1.54, 1.807) is 0 Å². The van der Waals surface area contributed by atoms with Crippen LogP contribution in [-0.4, -0.2) is 135 Å². The molecule has 8 rings (SSSR count). The molecular weight excluding hydrogens is 761 g/mol. The van der Waals surface area contributed by atoms with Gasteiger partial charge in [0.15, 0.2) is 0 Å². The molecule has 320 valence electrons. The van der Waals surface area contributed by atoms with Crippen LogP contribution in [0.15, 0.2) is 58.3 Å². The lowest BCUT2D eigenvalue weighted by atomic mass is 9.72. The number of hydrogen-bond acceptors (Lipinski definition) is 8. The third-order valence-electron chi connectivity index (χ3n) is 13.8. The molecule has 0 aromatic heterocycles. The van der Waals surface area contributed by atoms with Crippen LogP contribution < -0.4 is 0 Å². The van der Waals surface area contributed by atoms with Crippen LogP contribution in [0.2, 0.25) is 0 Å². The molecule has 2 amide bonds. The lowest BCUT2D eigenvalue weighted by Gasteiger charge is -2.41. The van der Waals surface area contributed by atoms with Crippen molar-refractivity contribution in [3.8, 4) is 0 Å². The average molecular weight is 833 g/mol. The molecule has 6 heterocycles. The molecule has 6 saturated heterocycles. The Hall–Kier alpha value is -2.08. The highest BCUT2D eigenvalue weighted by atomic mass is 32.2. The number of likely N-dealkylation sites (tertiary alicyclic amines) is 4. The fourth-order valence-electron chi connectivity index (χ4n) is 10.2.